The highest BCUT2D eigenvalue weighted by Gasteiger charge is 2.20. The second kappa shape index (κ2) is 10.2. The number of sulfone groups is 1. The molecule has 1 unspecified atom stereocenters. The van der Waals surface area contributed by atoms with Crippen molar-refractivity contribution in [1.29, 1.82) is 0 Å². The average Bonchev–Trinajstić information content (AvgIpc) is 3.35. The monoisotopic (exact) mass is 540 g/mol. The third-order valence-corrected chi connectivity index (χ3v) is 7.65. The van der Waals surface area contributed by atoms with Gasteiger partial charge >= 0.3 is 0 Å². The van der Waals surface area contributed by atoms with E-state index in [2.05, 4.69) is 10.4 Å². The number of halogens is 1. The number of fused-ring (bicyclic) bond motifs is 1. The molecule has 1 fully saturated rings. The molecule has 0 spiro atoms. The minimum Gasteiger partial charge on any atom is -0.440 e. The van der Waals surface area contributed by atoms with Crippen molar-refractivity contribution in [3.63, 3.8) is 0 Å². The summed E-state index contributed by atoms with van der Waals surface area (Å²) in [5.74, 6) is 0.0850. The molecule has 1 aliphatic rings. The Kier molecular flexibility index (Phi) is 6.97. The van der Waals surface area contributed by atoms with Crippen LogP contribution in [0.2, 0.25) is 0 Å². The molecule has 2 aromatic heterocycles. The average molecular weight is 541 g/mol. The molecule has 200 valence electrons. The van der Waals surface area contributed by atoms with Gasteiger partial charge in [0.05, 0.1) is 37.4 Å². The molecule has 9 nitrogen and oxygen atoms in total. The lowest BCUT2D eigenvalue weighted by Gasteiger charge is -2.27. The van der Waals surface area contributed by atoms with Crippen LogP contribution in [0.1, 0.15) is 29.7 Å². The number of hydrogen-bond donors (Lipinski definition) is 1. The second-order valence-corrected chi connectivity index (χ2v) is 11.6. The highest BCUT2D eigenvalue weighted by molar-refractivity contribution is 7.90. The Labute approximate surface area is 219 Å². The number of hydrogen-bond acceptors (Lipinski definition) is 8. The largest absolute Gasteiger partial charge is 0.440 e. The molecule has 11 heteroatoms. The Morgan fingerprint density at radius 1 is 1.16 bits per heavy atom. The minimum absolute atomic E-state index is 0.0918. The number of morpholine rings is 1. The number of aromatic nitrogens is 2. The molecule has 38 heavy (non-hydrogen) atoms. The molecule has 1 N–H and O–H groups in total. The lowest BCUT2D eigenvalue weighted by Crippen LogP contribution is -2.36. The van der Waals surface area contributed by atoms with Crippen molar-refractivity contribution < 1.29 is 22.0 Å². The molecular weight excluding hydrogens is 511 g/mol. The van der Waals surface area contributed by atoms with Crippen LogP contribution in [0.4, 0.5) is 16.0 Å². The number of anilines is 2. The van der Waals surface area contributed by atoms with Gasteiger partial charge in [-0.05, 0) is 49.2 Å². The number of nitrogens with one attached hydrogen (secondary N) is 1. The molecule has 0 bridgehead atoms. The van der Waals surface area contributed by atoms with Crippen LogP contribution in [0.5, 0.6) is 0 Å². The van der Waals surface area contributed by atoms with Crippen LogP contribution >= 0.6 is 0 Å². The van der Waals surface area contributed by atoms with Gasteiger partial charge in [0.2, 0.25) is 0 Å². The molecular formula is C27H29FN4O5S. The summed E-state index contributed by atoms with van der Waals surface area (Å²) in [5.41, 5.74) is 3.33. The number of benzene rings is 2. The van der Waals surface area contributed by atoms with Crippen LogP contribution < -0.4 is 15.6 Å². The molecule has 3 heterocycles. The predicted octanol–water partition coefficient (Wildman–Crippen LogP) is 3.90. The molecule has 0 radical (unpaired) electrons. The number of ether oxygens (including phenoxy) is 1. The van der Waals surface area contributed by atoms with Gasteiger partial charge in [0, 0.05) is 42.9 Å². The van der Waals surface area contributed by atoms with Gasteiger partial charge in [-0.1, -0.05) is 6.07 Å². The van der Waals surface area contributed by atoms with Gasteiger partial charge in [0.25, 0.3) is 0 Å². The smallest absolute Gasteiger partial charge is 0.200 e. The van der Waals surface area contributed by atoms with E-state index < -0.39 is 15.7 Å². The first-order valence-corrected chi connectivity index (χ1v) is 14.2. The molecule has 1 aliphatic heterocycles. The third-order valence-electron chi connectivity index (χ3n) is 6.59. The van der Waals surface area contributed by atoms with Gasteiger partial charge in [0.1, 0.15) is 16.3 Å². The number of aryl methyl sites for hydroxylation is 1. The Morgan fingerprint density at radius 3 is 2.63 bits per heavy atom. The van der Waals surface area contributed by atoms with Crippen molar-refractivity contribution in [1.82, 2.24) is 9.78 Å². The van der Waals surface area contributed by atoms with Crippen LogP contribution in [0.3, 0.4) is 0 Å². The quantitative estimate of drug-likeness (QED) is 0.376. The van der Waals surface area contributed by atoms with E-state index in [1.54, 1.807) is 6.07 Å². The first-order chi connectivity index (χ1) is 18.1. The summed E-state index contributed by atoms with van der Waals surface area (Å²) >= 11 is 0. The SMILES string of the molecule is Cc1cc(C(C)Nc2ccc(F)cc2Cn2cc(S(C)(=O)=O)cn2)c2oc(N3CCOCC3)cc(=O)c2c1. The van der Waals surface area contributed by atoms with Gasteiger partial charge in [-0.25, -0.2) is 12.8 Å². The highest BCUT2D eigenvalue weighted by atomic mass is 32.2. The van der Waals surface area contributed by atoms with E-state index >= 15 is 0 Å². The molecule has 2 aromatic carbocycles. The van der Waals surface area contributed by atoms with Gasteiger partial charge in [-0.15, -0.1) is 0 Å². The van der Waals surface area contributed by atoms with Crippen molar-refractivity contribution in [2.45, 2.75) is 31.3 Å². The van der Waals surface area contributed by atoms with E-state index in [1.165, 1.54) is 35.3 Å². The topological polar surface area (TPSA) is 107 Å². The maximum atomic E-state index is 14.2. The van der Waals surface area contributed by atoms with E-state index in [-0.39, 0.29) is 22.9 Å². The summed E-state index contributed by atoms with van der Waals surface area (Å²) in [6, 6.07) is 9.39. The summed E-state index contributed by atoms with van der Waals surface area (Å²) < 4.78 is 51.1. The van der Waals surface area contributed by atoms with Crippen molar-refractivity contribution in [2.75, 3.05) is 42.8 Å². The van der Waals surface area contributed by atoms with Gasteiger partial charge in [0.15, 0.2) is 21.2 Å². The van der Waals surface area contributed by atoms with Crippen LogP contribution in [0.15, 0.2) is 62.9 Å². The fraction of sp³-hybridized carbons (Fsp3) is 0.333. The Hall–Kier alpha value is -3.70. The van der Waals surface area contributed by atoms with Gasteiger partial charge < -0.3 is 19.4 Å². The summed E-state index contributed by atoms with van der Waals surface area (Å²) in [4.78, 5) is 15.2. The maximum Gasteiger partial charge on any atom is 0.200 e. The zero-order valence-electron chi connectivity index (χ0n) is 21.4. The molecule has 1 atom stereocenters. The van der Waals surface area contributed by atoms with Crippen molar-refractivity contribution >= 4 is 32.4 Å². The highest BCUT2D eigenvalue weighted by Crippen LogP contribution is 2.31. The normalized spacial score (nSPS) is 15.1. The summed E-state index contributed by atoms with van der Waals surface area (Å²) in [6.07, 6.45) is 3.81. The molecule has 5 rings (SSSR count). The van der Waals surface area contributed by atoms with Gasteiger partial charge in [-0.2, -0.15) is 5.10 Å². The minimum atomic E-state index is -3.41. The zero-order chi connectivity index (χ0) is 27.0. The van der Waals surface area contributed by atoms with Crippen LogP contribution in [-0.4, -0.2) is 50.8 Å². The third kappa shape index (κ3) is 5.44. The van der Waals surface area contributed by atoms with Crippen LogP contribution in [0, 0.1) is 12.7 Å². The van der Waals surface area contributed by atoms with E-state index in [9.17, 15) is 17.6 Å². The summed E-state index contributed by atoms with van der Waals surface area (Å²) in [7, 11) is -3.41. The Bertz CT molecular complexity index is 1660. The zero-order valence-corrected chi connectivity index (χ0v) is 22.2. The van der Waals surface area contributed by atoms with Crippen molar-refractivity contribution in [3.05, 3.63) is 81.5 Å². The number of nitrogens with zero attached hydrogens (tertiary/aromatic N) is 3. The van der Waals surface area contributed by atoms with E-state index in [0.29, 0.717) is 54.4 Å². The fourth-order valence-corrected chi connectivity index (χ4v) is 5.18. The first-order valence-electron chi connectivity index (χ1n) is 12.3. The van der Waals surface area contributed by atoms with Gasteiger partial charge in [-0.3, -0.25) is 9.48 Å². The van der Waals surface area contributed by atoms with E-state index in [0.717, 1.165) is 17.4 Å². The van der Waals surface area contributed by atoms with Crippen LogP contribution in [0.25, 0.3) is 11.0 Å². The van der Waals surface area contributed by atoms with Crippen molar-refractivity contribution in [3.8, 4) is 0 Å². The number of rotatable bonds is 7. The molecule has 4 aromatic rings. The van der Waals surface area contributed by atoms with Crippen molar-refractivity contribution in [2.24, 2.45) is 0 Å². The lowest BCUT2D eigenvalue weighted by atomic mass is 10.0. The summed E-state index contributed by atoms with van der Waals surface area (Å²) in [6.45, 7) is 6.43. The maximum absolute atomic E-state index is 14.2. The molecule has 1 saturated heterocycles. The Balaban J connectivity index is 1.50. The predicted molar refractivity (Wildman–Crippen MR) is 143 cm³/mol. The Morgan fingerprint density at radius 2 is 1.92 bits per heavy atom. The molecule has 0 saturated carbocycles. The van der Waals surface area contributed by atoms with Crippen LogP contribution in [-0.2, 0) is 21.1 Å². The molecule has 0 aliphatic carbocycles. The first kappa shape index (κ1) is 25.9. The standard InChI is InChI=1S/C27H29FN4O5S/c1-17-10-22(27-23(11-17)25(33)13-26(37-27)31-6-8-36-9-7-31)18(2)30-24-5-4-20(28)12-19(24)15-32-16-21(14-29-32)38(3,34)35/h4-5,10-14,16,18,30H,6-9,15H2,1-3H3. The second-order valence-electron chi connectivity index (χ2n) is 9.59. The lowest BCUT2D eigenvalue weighted by molar-refractivity contribution is 0.121. The molecule has 0 amide bonds. The summed E-state index contributed by atoms with van der Waals surface area (Å²) in [5, 5.41) is 8.05. The van der Waals surface area contributed by atoms with E-state index in [1.807, 2.05) is 30.9 Å². The van der Waals surface area contributed by atoms with E-state index in [4.69, 9.17) is 9.15 Å². The fourth-order valence-electron chi connectivity index (χ4n) is 4.63.